The molecule has 1 aliphatic carbocycles. The molecule has 2 N–H and O–H groups in total. The Balaban J connectivity index is 2.43. The van der Waals surface area contributed by atoms with Crippen LogP contribution in [0.25, 0.3) is 0 Å². The fourth-order valence-electron chi connectivity index (χ4n) is 1.76. The van der Waals surface area contributed by atoms with Crippen LogP contribution in [0, 0.1) is 0 Å². The van der Waals surface area contributed by atoms with Crippen molar-refractivity contribution in [3.05, 3.63) is 0 Å². The van der Waals surface area contributed by atoms with Crippen LogP contribution < -0.4 is 5.32 Å². The zero-order valence-corrected chi connectivity index (χ0v) is 8.01. The molecule has 0 saturated heterocycles. The number of alkyl carbamates (subject to hydrolysis) is 1. The number of nitrogens with one attached hydrogen (secondary N) is 1. The van der Waals surface area contributed by atoms with Crippen molar-refractivity contribution in [1.29, 1.82) is 0 Å². The van der Waals surface area contributed by atoms with Crippen LogP contribution in [0.5, 0.6) is 0 Å². The van der Waals surface area contributed by atoms with E-state index in [0.717, 1.165) is 25.7 Å². The molecule has 0 heterocycles. The van der Waals surface area contributed by atoms with E-state index in [1.807, 2.05) is 0 Å². The van der Waals surface area contributed by atoms with Gasteiger partial charge >= 0.3 is 6.09 Å². The van der Waals surface area contributed by atoms with Crippen LogP contribution >= 0.6 is 0 Å². The van der Waals surface area contributed by atoms with E-state index in [9.17, 15) is 4.79 Å². The predicted octanol–water partition coefficient (Wildman–Crippen LogP) is 1.04. The average Bonchev–Trinajstić information content (AvgIpc) is 2.54. The molecular weight excluding hydrogens is 170 g/mol. The van der Waals surface area contributed by atoms with Gasteiger partial charge in [-0.1, -0.05) is 12.8 Å². The van der Waals surface area contributed by atoms with Crippen molar-refractivity contribution in [2.24, 2.45) is 0 Å². The minimum absolute atomic E-state index is 0.00577. The van der Waals surface area contributed by atoms with Crippen molar-refractivity contribution in [2.75, 3.05) is 13.2 Å². The Hall–Kier alpha value is -0.770. The molecule has 0 aromatic carbocycles. The summed E-state index contributed by atoms with van der Waals surface area (Å²) in [6.07, 6.45) is 3.41. The van der Waals surface area contributed by atoms with Gasteiger partial charge in [0.2, 0.25) is 0 Å². The number of amides is 1. The van der Waals surface area contributed by atoms with Gasteiger partial charge < -0.3 is 15.2 Å². The second-order valence-electron chi connectivity index (χ2n) is 3.49. The zero-order chi connectivity index (χ0) is 9.73. The number of hydrogen-bond acceptors (Lipinski definition) is 3. The normalized spacial score (nSPS) is 19.8. The monoisotopic (exact) mass is 187 g/mol. The summed E-state index contributed by atoms with van der Waals surface area (Å²) in [5.41, 5.74) is -0.410. The van der Waals surface area contributed by atoms with Crippen molar-refractivity contribution >= 4 is 6.09 Å². The number of carbonyl (C=O) groups is 1. The van der Waals surface area contributed by atoms with Crippen LogP contribution in [0.1, 0.15) is 32.6 Å². The second-order valence-corrected chi connectivity index (χ2v) is 3.49. The first-order valence-electron chi connectivity index (χ1n) is 4.78. The lowest BCUT2D eigenvalue weighted by molar-refractivity contribution is 0.116. The number of hydrogen-bond donors (Lipinski definition) is 2. The predicted molar refractivity (Wildman–Crippen MR) is 48.4 cm³/mol. The fourth-order valence-corrected chi connectivity index (χ4v) is 1.76. The van der Waals surface area contributed by atoms with Crippen LogP contribution in [-0.4, -0.2) is 30.0 Å². The fraction of sp³-hybridized carbons (Fsp3) is 0.889. The summed E-state index contributed by atoms with van der Waals surface area (Å²) >= 11 is 0. The van der Waals surface area contributed by atoms with Gasteiger partial charge in [-0.2, -0.15) is 0 Å². The van der Waals surface area contributed by atoms with E-state index in [4.69, 9.17) is 9.84 Å². The van der Waals surface area contributed by atoms with Crippen LogP contribution in [0.2, 0.25) is 0 Å². The molecule has 1 saturated carbocycles. The van der Waals surface area contributed by atoms with E-state index in [0.29, 0.717) is 6.61 Å². The summed E-state index contributed by atoms with van der Waals surface area (Å²) in [5, 5.41) is 11.9. The SMILES string of the molecule is CCOC(=O)NC1(CO)CCCC1. The maximum absolute atomic E-state index is 11.1. The summed E-state index contributed by atoms with van der Waals surface area (Å²) < 4.78 is 4.77. The van der Waals surface area contributed by atoms with Gasteiger partial charge in [-0.3, -0.25) is 0 Å². The van der Waals surface area contributed by atoms with Gasteiger partial charge in [-0.25, -0.2) is 4.79 Å². The zero-order valence-electron chi connectivity index (χ0n) is 8.01. The van der Waals surface area contributed by atoms with Crippen molar-refractivity contribution in [3.63, 3.8) is 0 Å². The van der Waals surface area contributed by atoms with E-state index >= 15 is 0 Å². The Morgan fingerprint density at radius 2 is 2.15 bits per heavy atom. The first-order chi connectivity index (χ1) is 6.22. The molecule has 13 heavy (non-hydrogen) atoms. The highest BCUT2D eigenvalue weighted by Crippen LogP contribution is 2.28. The molecule has 4 nitrogen and oxygen atoms in total. The molecule has 1 aliphatic rings. The molecule has 1 fully saturated rings. The van der Waals surface area contributed by atoms with Crippen LogP contribution in [0.4, 0.5) is 4.79 Å². The maximum Gasteiger partial charge on any atom is 0.407 e. The molecule has 0 radical (unpaired) electrons. The molecule has 76 valence electrons. The Labute approximate surface area is 78.3 Å². The minimum atomic E-state index is -0.418. The molecule has 0 spiro atoms. The summed E-state index contributed by atoms with van der Waals surface area (Å²) in [7, 11) is 0. The first kappa shape index (κ1) is 10.3. The summed E-state index contributed by atoms with van der Waals surface area (Å²) in [5.74, 6) is 0. The van der Waals surface area contributed by atoms with Gasteiger partial charge in [0.05, 0.1) is 18.8 Å². The van der Waals surface area contributed by atoms with E-state index in [-0.39, 0.29) is 6.61 Å². The minimum Gasteiger partial charge on any atom is -0.450 e. The largest absolute Gasteiger partial charge is 0.450 e. The molecule has 0 aromatic heterocycles. The molecule has 0 atom stereocenters. The lowest BCUT2D eigenvalue weighted by Crippen LogP contribution is -2.49. The number of aliphatic hydroxyl groups is 1. The van der Waals surface area contributed by atoms with Gasteiger partial charge in [0.25, 0.3) is 0 Å². The third-order valence-corrected chi connectivity index (χ3v) is 2.51. The first-order valence-corrected chi connectivity index (χ1v) is 4.78. The average molecular weight is 187 g/mol. The molecular formula is C9H17NO3. The molecule has 1 rings (SSSR count). The second kappa shape index (κ2) is 4.46. The van der Waals surface area contributed by atoms with Crippen molar-refractivity contribution in [1.82, 2.24) is 5.32 Å². The Morgan fingerprint density at radius 1 is 1.54 bits per heavy atom. The molecule has 0 bridgehead atoms. The van der Waals surface area contributed by atoms with Crippen LogP contribution in [0.15, 0.2) is 0 Å². The third-order valence-electron chi connectivity index (χ3n) is 2.51. The van der Waals surface area contributed by atoms with Crippen LogP contribution in [-0.2, 0) is 4.74 Å². The standard InChI is InChI=1S/C9H17NO3/c1-2-13-8(12)10-9(7-11)5-3-4-6-9/h11H,2-7H2,1H3,(H,10,12). The van der Waals surface area contributed by atoms with Gasteiger partial charge in [-0.15, -0.1) is 0 Å². The highest BCUT2D eigenvalue weighted by Gasteiger charge is 2.34. The Kier molecular flexibility index (Phi) is 3.54. The van der Waals surface area contributed by atoms with E-state index < -0.39 is 11.6 Å². The maximum atomic E-state index is 11.1. The Bertz CT molecular complexity index is 176. The van der Waals surface area contributed by atoms with Crippen molar-refractivity contribution in [3.8, 4) is 0 Å². The van der Waals surface area contributed by atoms with Gasteiger partial charge in [-0.05, 0) is 19.8 Å². The summed E-state index contributed by atoms with van der Waals surface area (Å²) in [4.78, 5) is 11.1. The quantitative estimate of drug-likeness (QED) is 0.694. The Morgan fingerprint density at radius 3 is 2.62 bits per heavy atom. The molecule has 0 unspecified atom stereocenters. The smallest absolute Gasteiger partial charge is 0.407 e. The molecule has 0 aromatic rings. The molecule has 0 aliphatic heterocycles. The summed E-state index contributed by atoms with van der Waals surface area (Å²) in [6.45, 7) is 2.14. The molecule has 1 amide bonds. The van der Waals surface area contributed by atoms with Gasteiger partial charge in [0, 0.05) is 0 Å². The van der Waals surface area contributed by atoms with E-state index in [1.54, 1.807) is 6.92 Å². The number of carbonyl (C=O) groups excluding carboxylic acids is 1. The van der Waals surface area contributed by atoms with Gasteiger partial charge in [0.15, 0.2) is 0 Å². The molecule has 4 heteroatoms. The topological polar surface area (TPSA) is 58.6 Å². The highest BCUT2D eigenvalue weighted by molar-refractivity contribution is 5.68. The lowest BCUT2D eigenvalue weighted by Gasteiger charge is -2.27. The van der Waals surface area contributed by atoms with Gasteiger partial charge in [0.1, 0.15) is 0 Å². The van der Waals surface area contributed by atoms with Crippen LogP contribution in [0.3, 0.4) is 0 Å². The number of ether oxygens (including phenoxy) is 1. The number of rotatable bonds is 3. The highest BCUT2D eigenvalue weighted by atomic mass is 16.5. The van der Waals surface area contributed by atoms with Crippen molar-refractivity contribution < 1.29 is 14.6 Å². The summed E-state index contributed by atoms with van der Waals surface area (Å²) in [6, 6.07) is 0. The van der Waals surface area contributed by atoms with Crippen molar-refractivity contribution in [2.45, 2.75) is 38.1 Å². The van der Waals surface area contributed by atoms with E-state index in [1.165, 1.54) is 0 Å². The van der Waals surface area contributed by atoms with E-state index in [2.05, 4.69) is 5.32 Å². The lowest BCUT2D eigenvalue weighted by atomic mass is 9.99. The third kappa shape index (κ3) is 2.59. The number of aliphatic hydroxyl groups excluding tert-OH is 1.